The van der Waals surface area contributed by atoms with Crippen molar-refractivity contribution in [2.24, 2.45) is 0 Å². The molecule has 7 nitrogen and oxygen atoms in total. The third kappa shape index (κ3) is 5.22. The van der Waals surface area contributed by atoms with Crippen molar-refractivity contribution < 1.29 is 18.7 Å². The van der Waals surface area contributed by atoms with Gasteiger partial charge < -0.3 is 15.4 Å². The highest BCUT2D eigenvalue weighted by Crippen LogP contribution is 2.23. The predicted molar refractivity (Wildman–Crippen MR) is 111 cm³/mol. The summed E-state index contributed by atoms with van der Waals surface area (Å²) in [7, 11) is 0. The van der Waals surface area contributed by atoms with Gasteiger partial charge >= 0.3 is 0 Å². The molecular weight excluding hydrogens is 387 g/mol. The number of carbonyl (C=O) groups excluding carboxylic acids is 2. The fourth-order valence-corrected chi connectivity index (χ4v) is 2.92. The van der Waals surface area contributed by atoms with Crippen LogP contribution in [0.2, 0.25) is 0 Å². The maximum atomic E-state index is 14.3. The van der Waals surface area contributed by atoms with Crippen molar-refractivity contribution in [3.63, 3.8) is 0 Å². The molecule has 2 N–H and O–H groups in total. The van der Waals surface area contributed by atoms with Gasteiger partial charge in [0.2, 0.25) is 5.91 Å². The lowest BCUT2D eigenvalue weighted by Crippen LogP contribution is -2.26. The minimum Gasteiger partial charge on any atom is -0.493 e. The van der Waals surface area contributed by atoms with Crippen LogP contribution < -0.4 is 15.4 Å². The largest absolute Gasteiger partial charge is 0.493 e. The smallest absolute Gasteiger partial charge is 0.255 e. The van der Waals surface area contributed by atoms with E-state index in [1.54, 1.807) is 54.9 Å². The molecule has 2 aromatic carbocycles. The van der Waals surface area contributed by atoms with Crippen molar-refractivity contribution in [1.82, 2.24) is 15.1 Å². The number of anilines is 1. The second-order valence-corrected chi connectivity index (χ2v) is 6.42. The number of nitrogens with one attached hydrogen (secondary N) is 2. The Morgan fingerprint density at radius 1 is 1.13 bits per heavy atom. The van der Waals surface area contributed by atoms with Gasteiger partial charge in [-0.3, -0.25) is 9.59 Å². The number of hydrogen-bond donors (Lipinski definition) is 2. The van der Waals surface area contributed by atoms with E-state index in [0.717, 1.165) is 0 Å². The molecule has 0 fully saturated rings. The van der Waals surface area contributed by atoms with Crippen molar-refractivity contribution in [2.75, 3.05) is 18.5 Å². The van der Waals surface area contributed by atoms with Gasteiger partial charge in [-0.2, -0.15) is 5.10 Å². The van der Waals surface area contributed by atoms with Crippen LogP contribution in [0.3, 0.4) is 0 Å². The molecule has 156 valence electrons. The number of ether oxygens (including phenoxy) is 1. The zero-order valence-electron chi connectivity index (χ0n) is 16.6. The third-order valence-corrected chi connectivity index (χ3v) is 4.30. The fraction of sp³-hybridized carbons (Fsp3) is 0.227. The molecule has 0 spiro atoms. The van der Waals surface area contributed by atoms with Gasteiger partial charge in [0, 0.05) is 25.4 Å². The Labute approximate surface area is 173 Å². The second-order valence-electron chi connectivity index (χ2n) is 6.42. The fourth-order valence-electron chi connectivity index (χ4n) is 2.92. The van der Waals surface area contributed by atoms with Gasteiger partial charge in [0.15, 0.2) is 0 Å². The maximum Gasteiger partial charge on any atom is 0.255 e. The number of rotatable bonds is 9. The Morgan fingerprint density at radius 2 is 1.97 bits per heavy atom. The molecule has 0 unspecified atom stereocenters. The first-order chi connectivity index (χ1) is 14.6. The molecule has 3 rings (SSSR count). The van der Waals surface area contributed by atoms with Crippen LogP contribution in [0.15, 0.2) is 60.9 Å². The molecule has 0 saturated carbocycles. The Morgan fingerprint density at radius 3 is 2.73 bits per heavy atom. The van der Waals surface area contributed by atoms with Gasteiger partial charge in [-0.05, 0) is 43.7 Å². The van der Waals surface area contributed by atoms with E-state index in [0.29, 0.717) is 36.6 Å². The number of nitrogens with zero attached hydrogens (tertiary/aromatic N) is 2. The summed E-state index contributed by atoms with van der Waals surface area (Å²) < 4.78 is 21.2. The van der Waals surface area contributed by atoms with Crippen LogP contribution in [0.5, 0.6) is 5.75 Å². The molecule has 3 aromatic rings. The molecule has 0 aliphatic heterocycles. The third-order valence-electron chi connectivity index (χ3n) is 4.30. The Balaban J connectivity index is 1.53. The summed E-state index contributed by atoms with van der Waals surface area (Å²) in [5.41, 5.74) is 0.953. The molecule has 0 aliphatic rings. The van der Waals surface area contributed by atoms with Gasteiger partial charge in [0.1, 0.15) is 17.3 Å². The van der Waals surface area contributed by atoms with Crippen LogP contribution >= 0.6 is 0 Å². The molecule has 0 aliphatic carbocycles. The lowest BCUT2D eigenvalue weighted by atomic mass is 10.2. The van der Waals surface area contributed by atoms with Gasteiger partial charge in [-0.1, -0.05) is 18.2 Å². The lowest BCUT2D eigenvalue weighted by Gasteiger charge is -2.12. The van der Waals surface area contributed by atoms with Gasteiger partial charge in [0.25, 0.3) is 5.91 Å². The topological polar surface area (TPSA) is 85.2 Å². The molecule has 1 heterocycles. The quantitative estimate of drug-likeness (QED) is 0.528. The summed E-state index contributed by atoms with van der Waals surface area (Å²) in [6.07, 6.45) is 3.77. The Kier molecular flexibility index (Phi) is 7.15. The molecule has 30 heavy (non-hydrogen) atoms. The molecule has 0 bridgehead atoms. The van der Waals surface area contributed by atoms with Crippen molar-refractivity contribution in [3.8, 4) is 11.4 Å². The molecule has 0 radical (unpaired) electrons. The van der Waals surface area contributed by atoms with Crippen LogP contribution in [0.1, 0.15) is 30.1 Å². The Hall–Kier alpha value is -3.68. The number of halogens is 1. The lowest BCUT2D eigenvalue weighted by molar-refractivity contribution is -0.116. The average molecular weight is 410 g/mol. The van der Waals surface area contributed by atoms with Crippen molar-refractivity contribution >= 4 is 17.5 Å². The van der Waals surface area contributed by atoms with E-state index in [1.807, 2.05) is 6.92 Å². The van der Waals surface area contributed by atoms with Crippen LogP contribution in [-0.4, -0.2) is 34.7 Å². The molecular formula is C22H23FN4O3. The number of carbonyl (C=O) groups is 2. The van der Waals surface area contributed by atoms with Gasteiger partial charge in [0.05, 0.1) is 17.9 Å². The summed E-state index contributed by atoms with van der Waals surface area (Å²) in [6, 6.07) is 13.2. The monoisotopic (exact) mass is 410 g/mol. The first-order valence-electron chi connectivity index (χ1n) is 9.68. The first-order valence-corrected chi connectivity index (χ1v) is 9.68. The normalized spacial score (nSPS) is 10.5. The van der Waals surface area contributed by atoms with Crippen LogP contribution in [-0.2, 0) is 4.79 Å². The second kappa shape index (κ2) is 10.2. The standard InChI is InChI=1S/C22H23FN4O3/c1-2-30-19-11-4-3-8-16(19)22(29)24-13-6-12-20(28)26-21-17(23)9-5-10-18(21)27-15-7-14-25-27/h3-5,7-11,14-15H,2,6,12-13H2,1H3,(H,24,29)(H,26,28). The summed E-state index contributed by atoms with van der Waals surface area (Å²) >= 11 is 0. The van der Waals surface area contributed by atoms with Crippen LogP contribution in [0.25, 0.3) is 5.69 Å². The minimum atomic E-state index is -0.544. The highest BCUT2D eigenvalue weighted by Gasteiger charge is 2.14. The highest BCUT2D eigenvalue weighted by atomic mass is 19.1. The summed E-state index contributed by atoms with van der Waals surface area (Å²) in [6.45, 7) is 2.61. The van der Waals surface area contributed by atoms with E-state index in [-0.39, 0.29) is 23.9 Å². The maximum absolute atomic E-state index is 14.3. The van der Waals surface area contributed by atoms with E-state index < -0.39 is 5.82 Å². The van der Waals surface area contributed by atoms with E-state index >= 15 is 0 Å². The average Bonchev–Trinajstić information content (AvgIpc) is 3.28. The zero-order valence-corrected chi connectivity index (χ0v) is 16.6. The summed E-state index contributed by atoms with van der Waals surface area (Å²) in [5.74, 6) is -0.648. The number of amides is 2. The van der Waals surface area contributed by atoms with E-state index in [2.05, 4.69) is 15.7 Å². The van der Waals surface area contributed by atoms with E-state index in [4.69, 9.17) is 4.74 Å². The minimum absolute atomic E-state index is 0.0703. The van der Waals surface area contributed by atoms with Crippen molar-refractivity contribution in [1.29, 1.82) is 0 Å². The molecule has 8 heteroatoms. The highest BCUT2D eigenvalue weighted by molar-refractivity contribution is 5.97. The van der Waals surface area contributed by atoms with Crippen molar-refractivity contribution in [3.05, 3.63) is 72.3 Å². The van der Waals surface area contributed by atoms with Gasteiger partial charge in [-0.25, -0.2) is 9.07 Å². The molecule has 0 atom stereocenters. The zero-order chi connectivity index (χ0) is 21.3. The van der Waals surface area contributed by atoms with Crippen molar-refractivity contribution in [2.45, 2.75) is 19.8 Å². The van der Waals surface area contributed by atoms with E-state index in [1.165, 1.54) is 10.7 Å². The SMILES string of the molecule is CCOc1ccccc1C(=O)NCCCC(=O)Nc1c(F)cccc1-n1cccn1. The molecule has 2 amide bonds. The predicted octanol–water partition coefficient (Wildman–Crippen LogP) is 3.56. The number of aromatic nitrogens is 2. The number of hydrogen-bond acceptors (Lipinski definition) is 4. The first kappa shape index (κ1) is 21.0. The molecule has 1 aromatic heterocycles. The van der Waals surface area contributed by atoms with Crippen LogP contribution in [0.4, 0.5) is 10.1 Å². The number of benzene rings is 2. The van der Waals surface area contributed by atoms with Crippen LogP contribution in [0, 0.1) is 5.82 Å². The van der Waals surface area contributed by atoms with Gasteiger partial charge in [-0.15, -0.1) is 0 Å². The van der Waals surface area contributed by atoms with E-state index in [9.17, 15) is 14.0 Å². The number of para-hydroxylation sites is 2. The summed E-state index contributed by atoms with van der Waals surface area (Å²) in [4.78, 5) is 24.6. The summed E-state index contributed by atoms with van der Waals surface area (Å²) in [5, 5.41) is 9.46. The Bertz CT molecular complexity index is 1010. The molecule has 0 saturated heterocycles.